The third-order valence-corrected chi connectivity index (χ3v) is 9.98. The van der Waals surface area contributed by atoms with E-state index >= 15 is 0 Å². The van der Waals surface area contributed by atoms with Crippen LogP contribution >= 0.6 is 23.5 Å². The van der Waals surface area contributed by atoms with Gasteiger partial charge in [-0.2, -0.15) is 0 Å². The number of nitrogens with two attached hydrogens (primary N) is 1. The van der Waals surface area contributed by atoms with Crippen molar-refractivity contribution in [1.82, 2.24) is 31.5 Å². The highest BCUT2D eigenvalue weighted by Crippen LogP contribution is 2.20. The Balaban J connectivity index is 1.52. The zero-order valence-electron chi connectivity index (χ0n) is 29.7. The number of hydrogen-bond donors (Lipinski definition) is 6. The summed E-state index contributed by atoms with van der Waals surface area (Å²) in [6.07, 6.45) is 1.32. The first kappa shape index (κ1) is 41.8. The summed E-state index contributed by atoms with van der Waals surface area (Å²) in [5, 5.41) is 13.6. The smallest absolute Gasteiger partial charge is 0.246 e. The van der Waals surface area contributed by atoms with Crippen molar-refractivity contribution >= 4 is 64.9 Å². The minimum Gasteiger partial charge on any atom is -0.368 e. The Morgan fingerprint density at radius 1 is 0.769 bits per heavy atom. The molecule has 0 bridgehead atoms. The van der Waals surface area contributed by atoms with Gasteiger partial charge in [0.2, 0.25) is 41.4 Å². The van der Waals surface area contributed by atoms with E-state index in [1.807, 2.05) is 60.7 Å². The van der Waals surface area contributed by atoms with Gasteiger partial charge in [0.05, 0.1) is 24.6 Å². The largest absolute Gasteiger partial charge is 0.368 e. The first-order chi connectivity index (χ1) is 24.8. The molecule has 2 aromatic carbocycles. The normalized spacial score (nSPS) is 15.5. The third kappa shape index (κ3) is 14.2. The zero-order valence-corrected chi connectivity index (χ0v) is 31.4. The number of primary amides is 1. The van der Waals surface area contributed by atoms with E-state index in [9.17, 15) is 33.6 Å². The van der Waals surface area contributed by atoms with Crippen LogP contribution in [0.4, 0.5) is 0 Å². The second-order valence-corrected chi connectivity index (χ2v) is 14.8. The molecule has 14 nitrogen and oxygen atoms in total. The molecule has 3 rings (SSSR count). The molecule has 1 fully saturated rings. The second-order valence-electron chi connectivity index (χ2n) is 12.7. The number of carbonyl (C=O) groups is 7. The maximum absolute atomic E-state index is 13.7. The number of thioether (sulfide) groups is 2. The van der Waals surface area contributed by atoms with Crippen molar-refractivity contribution in [3.05, 3.63) is 71.8 Å². The molecular weight excluding hydrogens is 707 g/mol. The molecule has 16 heteroatoms. The van der Waals surface area contributed by atoms with Crippen LogP contribution in [0.25, 0.3) is 0 Å². The molecule has 7 amide bonds. The van der Waals surface area contributed by atoms with Gasteiger partial charge in [0, 0.05) is 25.0 Å². The minimum absolute atomic E-state index is 0.0929. The molecular formula is C36H49N7O7S2. The Hall–Kier alpha value is -4.57. The fourth-order valence-corrected chi connectivity index (χ4v) is 7.17. The van der Waals surface area contributed by atoms with Crippen LogP contribution in [-0.2, 0) is 46.4 Å². The first-order valence-electron chi connectivity index (χ1n) is 17.1. The molecule has 0 saturated carbocycles. The summed E-state index contributed by atoms with van der Waals surface area (Å²) < 4.78 is 0. The molecule has 4 atom stereocenters. The van der Waals surface area contributed by atoms with Crippen LogP contribution in [0, 0.1) is 5.92 Å². The lowest BCUT2D eigenvalue weighted by molar-refractivity contribution is -0.141. The number of amides is 7. The van der Waals surface area contributed by atoms with Crippen molar-refractivity contribution in [3.63, 3.8) is 0 Å². The topological polar surface area (TPSA) is 209 Å². The molecule has 1 aliphatic heterocycles. The van der Waals surface area contributed by atoms with Crippen LogP contribution < -0.4 is 32.3 Å². The van der Waals surface area contributed by atoms with Crippen LogP contribution in [0.3, 0.4) is 0 Å². The number of benzene rings is 2. The zero-order chi connectivity index (χ0) is 38.0. The summed E-state index contributed by atoms with van der Waals surface area (Å²) in [6, 6.07) is 14.6. The summed E-state index contributed by atoms with van der Waals surface area (Å²) in [5.41, 5.74) is 7.31. The SMILES string of the molecule is CC(=O)N[C@@H](CSCNC(=O)Cc1ccccc1)C(=O)N1CCC[C@H]1C(=O)N[C@@H](C(=O)N[C@@H](CSCNC(=O)Cc1ccccc1)C(N)=O)C(C)C. The number of nitrogens with zero attached hydrogens (tertiary/aromatic N) is 1. The Bertz CT molecular complexity index is 1530. The van der Waals surface area contributed by atoms with Gasteiger partial charge in [0.1, 0.15) is 24.2 Å². The fourth-order valence-electron chi connectivity index (χ4n) is 5.47. The number of nitrogens with one attached hydrogen (secondary N) is 5. The molecule has 0 unspecified atom stereocenters. The Morgan fingerprint density at radius 3 is 1.77 bits per heavy atom. The van der Waals surface area contributed by atoms with Crippen LogP contribution in [0.1, 0.15) is 44.7 Å². The van der Waals surface area contributed by atoms with E-state index in [0.717, 1.165) is 11.1 Å². The lowest BCUT2D eigenvalue weighted by atomic mass is 10.0. The molecule has 0 aromatic heterocycles. The first-order valence-corrected chi connectivity index (χ1v) is 19.4. The van der Waals surface area contributed by atoms with Gasteiger partial charge in [-0.3, -0.25) is 33.6 Å². The molecule has 52 heavy (non-hydrogen) atoms. The molecule has 7 N–H and O–H groups in total. The van der Waals surface area contributed by atoms with Crippen molar-refractivity contribution in [1.29, 1.82) is 0 Å². The van der Waals surface area contributed by atoms with Crippen LogP contribution in [0.15, 0.2) is 60.7 Å². The standard InChI is InChI=1S/C36H49N7O7S2/c1-23(2)32(35(49)41-27(33(37)47)19-51-21-38-30(45)17-25-11-6-4-7-12-25)42-34(48)29-15-10-16-43(29)36(50)28(40-24(3)44)20-52-22-39-31(46)18-26-13-8-5-9-14-26/h4-9,11-14,23,27-29,32H,10,15-22H2,1-3H3,(H2,37,47)(H,38,45)(H,39,46)(H,40,44)(H,41,49)(H,42,48)/t27-,28-,29-,32+/m0/s1. The highest BCUT2D eigenvalue weighted by atomic mass is 32.2. The van der Waals surface area contributed by atoms with E-state index in [2.05, 4.69) is 26.6 Å². The van der Waals surface area contributed by atoms with Crippen molar-refractivity contribution in [2.75, 3.05) is 29.8 Å². The van der Waals surface area contributed by atoms with E-state index in [1.54, 1.807) is 13.8 Å². The van der Waals surface area contributed by atoms with E-state index in [4.69, 9.17) is 5.73 Å². The van der Waals surface area contributed by atoms with Gasteiger partial charge in [-0.05, 0) is 29.9 Å². The molecule has 0 aliphatic carbocycles. The van der Waals surface area contributed by atoms with Gasteiger partial charge in [-0.1, -0.05) is 74.5 Å². The average molecular weight is 756 g/mol. The summed E-state index contributed by atoms with van der Waals surface area (Å²) in [6.45, 7) is 5.06. The molecule has 0 spiro atoms. The van der Waals surface area contributed by atoms with Crippen molar-refractivity contribution < 1.29 is 33.6 Å². The van der Waals surface area contributed by atoms with Crippen molar-refractivity contribution in [2.45, 2.75) is 70.6 Å². The van der Waals surface area contributed by atoms with E-state index in [1.165, 1.54) is 35.3 Å². The molecule has 1 heterocycles. The monoisotopic (exact) mass is 755 g/mol. The predicted molar refractivity (Wildman–Crippen MR) is 201 cm³/mol. The second kappa shape index (κ2) is 21.7. The highest BCUT2D eigenvalue weighted by Gasteiger charge is 2.39. The third-order valence-electron chi connectivity index (χ3n) is 8.15. The van der Waals surface area contributed by atoms with Gasteiger partial charge in [-0.25, -0.2) is 0 Å². The van der Waals surface area contributed by atoms with Gasteiger partial charge in [0.25, 0.3) is 0 Å². The van der Waals surface area contributed by atoms with E-state index in [-0.39, 0.29) is 60.4 Å². The van der Waals surface area contributed by atoms with Crippen LogP contribution in [0.5, 0.6) is 0 Å². The van der Waals surface area contributed by atoms with Crippen LogP contribution in [0.2, 0.25) is 0 Å². The Labute approximate surface area is 312 Å². The summed E-state index contributed by atoms with van der Waals surface area (Å²) in [5.74, 6) is -2.85. The molecule has 1 saturated heterocycles. The maximum Gasteiger partial charge on any atom is 0.246 e. The molecule has 0 radical (unpaired) electrons. The molecule has 282 valence electrons. The van der Waals surface area contributed by atoms with Gasteiger partial charge >= 0.3 is 0 Å². The summed E-state index contributed by atoms with van der Waals surface area (Å²) in [7, 11) is 0. The Morgan fingerprint density at radius 2 is 1.29 bits per heavy atom. The predicted octanol–water partition coefficient (Wildman–Crippen LogP) is 0.692. The molecule has 1 aliphatic rings. The van der Waals surface area contributed by atoms with E-state index < -0.39 is 53.7 Å². The fraction of sp³-hybridized carbons (Fsp3) is 0.472. The number of carbonyl (C=O) groups excluding carboxylic acids is 7. The van der Waals surface area contributed by atoms with Crippen LogP contribution in [-0.4, -0.2) is 100 Å². The van der Waals surface area contributed by atoms with Gasteiger partial charge < -0.3 is 37.2 Å². The van der Waals surface area contributed by atoms with Crippen molar-refractivity contribution in [2.24, 2.45) is 11.7 Å². The minimum atomic E-state index is -1.06. The van der Waals surface area contributed by atoms with Gasteiger partial charge in [0.15, 0.2) is 0 Å². The highest BCUT2D eigenvalue weighted by molar-refractivity contribution is 7.99. The lowest BCUT2D eigenvalue weighted by Gasteiger charge is -2.30. The number of hydrogen-bond acceptors (Lipinski definition) is 9. The molecule has 2 aromatic rings. The number of rotatable bonds is 20. The maximum atomic E-state index is 13.7. The lowest BCUT2D eigenvalue weighted by Crippen LogP contribution is -2.59. The summed E-state index contributed by atoms with van der Waals surface area (Å²) in [4.78, 5) is 90.8. The van der Waals surface area contributed by atoms with E-state index in [0.29, 0.717) is 12.8 Å². The summed E-state index contributed by atoms with van der Waals surface area (Å²) >= 11 is 2.48. The van der Waals surface area contributed by atoms with Crippen molar-refractivity contribution in [3.8, 4) is 0 Å². The van der Waals surface area contributed by atoms with Gasteiger partial charge in [-0.15, -0.1) is 23.5 Å². The average Bonchev–Trinajstić information content (AvgIpc) is 3.60. The quantitative estimate of drug-likeness (QED) is 0.0829. The Kier molecular flexibility index (Phi) is 17.5. The number of likely N-dealkylation sites (tertiary alicyclic amines) is 1.